The van der Waals surface area contributed by atoms with Gasteiger partial charge in [-0.1, -0.05) is 20.4 Å². The summed E-state index contributed by atoms with van der Waals surface area (Å²) in [6, 6.07) is 1.77. The highest BCUT2D eigenvalue weighted by molar-refractivity contribution is 6.52. The second-order valence-electron chi connectivity index (χ2n) is 5.29. The monoisotopic (exact) mass is 294 g/mol. The van der Waals surface area contributed by atoms with Crippen molar-refractivity contribution < 1.29 is 18.4 Å². The number of ketones is 1. The molecule has 1 aromatic carbocycles. The SMILES string of the molecule is C=C(CNC(C)C)CN1C(=O)C(=O)c2cc(F)cc(F)c21. The summed E-state index contributed by atoms with van der Waals surface area (Å²) >= 11 is 0. The van der Waals surface area contributed by atoms with Crippen molar-refractivity contribution in [2.24, 2.45) is 0 Å². The number of carbonyl (C=O) groups is 2. The molecule has 1 heterocycles. The number of rotatable bonds is 5. The Balaban J connectivity index is 2.25. The van der Waals surface area contributed by atoms with E-state index >= 15 is 0 Å². The highest BCUT2D eigenvalue weighted by Gasteiger charge is 2.38. The molecule has 0 unspecified atom stereocenters. The van der Waals surface area contributed by atoms with E-state index in [2.05, 4.69) is 11.9 Å². The number of nitrogens with one attached hydrogen (secondary N) is 1. The molecule has 1 aliphatic heterocycles. The van der Waals surface area contributed by atoms with Gasteiger partial charge in [-0.05, 0) is 11.6 Å². The van der Waals surface area contributed by atoms with Crippen LogP contribution in [0.25, 0.3) is 0 Å². The van der Waals surface area contributed by atoms with Gasteiger partial charge in [0.2, 0.25) is 0 Å². The fourth-order valence-electron chi connectivity index (χ4n) is 2.13. The summed E-state index contributed by atoms with van der Waals surface area (Å²) in [5.41, 5.74) is 0.223. The molecule has 0 atom stereocenters. The van der Waals surface area contributed by atoms with Crippen molar-refractivity contribution in [2.75, 3.05) is 18.0 Å². The lowest BCUT2D eigenvalue weighted by atomic mass is 10.1. The summed E-state index contributed by atoms with van der Waals surface area (Å²) in [5, 5.41) is 3.12. The third-order valence-electron chi connectivity index (χ3n) is 3.12. The number of hydrogen-bond acceptors (Lipinski definition) is 3. The van der Waals surface area contributed by atoms with Crippen LogP contribution >= 0.6 is 0 Å². The van der Waals surface area contributed by atoms with Gasteiger partial charge in [0.05, 0.1) is 11.3 Å². The number of halogens is 2. The maximum Gasteiger partial charge on any atom is 0.299 e. The van der Waals surface area contributed by atoms with E-state index in [4.69, 9.17) is 0 Å². The molecule has 0 spiro atoms. The van der Waals surface area contributed by atoms with E-state index in [0.29, 0.717) is 18.2 Å². The van der Waals surface area contributed by atoms with Crippen molar-refractivity contribution in [2.45, 2.75) is 19.9 Å². The number of Topliss-reactive ketones (excluding diaryl/α,β-unsaturated/α-hetero) is 1. The van der Waals surface area contributed by atoms with Crippen LogP contribution < -0.4 is 10.2 Å². The first-order valence-corrected chi connectivity index (χ1v) is 6.56. The normalized spacial score (nSPS) is 14.0. The number of carbonyl (C=O) groups excluding carboxylic acids is 2. The summed E-state index contributed by atoms with van der Waals surface area (Å²) < 4.78 is 27.1. The van der Waals surface area contributed by atoms with Gasteiger partial charge in [0, 0.05) is 25.2 Å². The smallest absolute Gasteiger partial charge is 0.299 e. The minimum Gasteiger partial charge on any atom is -0.311 e. The van der Waals surface area contributed by atoms with E-state index in [1.54, 1.807) is 0 Å². The Morgan fingerprint density at radius 2 is 2.00 bits per heavy atom. The molecule has 0 fully saturated rings. The number of benzene rings is 1. The molecule has 0 aliphatic carbocycles. The predicted octanol–water partition coefficient (Wildman–Crippen LogP) is 2.05. The highest BCUT2D eigenvalue weighted by atomic mass is 19.1. The third kappa shape index (κ3) is 3.00. The Bertz CT molecular complexity index is 626. The van der Waals surface area contributed by atoms with E-state index in [1.165, 1.54) is 0 Å². The Hall–Kier alpha value is -2.08. The van der Waals surface area contributed by atoms with Crippen LogP contribution in [0.2, 0.25) is 0 Å². The fraction of sp³-hybridized carbons (Fsp3) is 0.333. The van der Waals surface area contributed by atoms with Crippen molar-refractivity contribution in [3.8, 4) is 0 Å². The third-order valence-corrected chi connectivity index (χ3v) is 3.12. The fourth-order valence-corrected chi connectivity index (χ4v) is 2.13. The van der Waals surface area contributed by atoms with Gasteiger partial charge >= 0.3 is 0 Å². The molecule has 1 aromatic rings. The van der Waals surface area contributed by atoms with Crippen molar-refractivity contribution in [1.82, 2.24) is 5.32 Å². The van der Waals surface area contributed by atoms with Crippen LogP contribution in [-0.4, -0.2) is 30.8 Å². The Kier molecular flexibility index (Phi) is 4.18. The maximum atomic E-state index is 13.9. The summed E-state index contributed by atoms with van der Waals surface area (Å²) in [7, 11) is 0. The minimum absolute atomic E-state index is 0.0137. The molecule has 112 valence electrons. The van der Waals surface area contributed by atoms with Gasteiger partial charge < -0.3 is 5.32 Å². The largest absolute Gasteiger partial charge is 0.311 e. The molecule has 0 saturated carbocycles. The van der Waals surface area contributed by atoms with E-state index in [1.807, 2.05) is 13.8 Å². The van der Waals surface area contributed by atoms with Crippen molar-refractivity contribution in [3.05, 3.63) is 41.5 Å². The molecule has 2 rings (SSSR count). The minimum atomic E-state index is -0.922. The van der Waals surface area contributed by atoms with Gasteiger partial charge in [-0.3, -0.25) is 14.5 Å². The molecule has 0 radical (unpaired) electrons. The number of hydrogen-bond donors (Lipinski definition) is 1. The zero-order valence-electron chi connectivity index (χ0n) is 11.9. The van der Waals surface area contributed by atoms with Crippen LogP contribution in [0.5, 0.6) is 0 Å². The van der Waals surface area contributed by atoms with Crippen LogP contribution in [0.1, 0.15) is 24.2 Å². The molecule has 21 heavy (non-hydrogen) atoms. The number of anilines is 1. The first-order chi connectivity index (χ1) is 9.81. The zero-order chi connectivity index (χ0) is 15.7. The average Bonchev–Trinajstić information content (AvgIpc) is 2.62. The van der Waals surface area contributed by atoms with Crippen molar-refractivity contribution >= 4 is 17.4 Å². The van der Waals surface area contributed by atoms with E-state index < -0.39 is 23.3 Å². The lowest BCUT2D eigenvalue weighted by molar-refractivity contribution is -0.114. The Morgan fingerprint density at radius 1 is 1.33 bits per heavy atom. The molecule has 1 amide bonds. The summed E-state index contributed by atoms with van der Waals surface area (Å²) in [6.07, 6.45) is 0. The molecule has 1 aliphatic rings. The average molecular weight is 294 g/mol. The van der Waals surface area contributed by atoms with Gasteiger partial charge in [-0.15, -0.1) is 0 Å². The quantitative estimate of drug-likeness (QED) is 0.668. The molecule has 0 aromatic heterocycles. The molecule has 0 saturated heterocycles. The van der Waals surface area contributed by atoms with Crippen LogP contribution in [-0.2, 0) is 4.79 Å². The number of fused-ring (bicyclic) bond motifs is 1. The van der Waals surface area contributed by atoms with E-state index in [0.717, 1.165) is 11.0 Å². The summed E-state index contributed by atoms with van der Waals surface area (Å²) in [5.74, 6) is -3.56. The van der Waals surface area contributed by atoms with Gasteiger partial charge in [-0.2, -0.15) is 0 Å². The van der Waals surface area contributed by atoms with Gasteiger partial charge in [-0.25, -0.2) is 8.78 Å². The first kappa shape index (κ1) is 15.3. The summed E-state index contributed by atoms with van der Waals surface area (Å²) in [6.45, 7) is 8.17. The van der Waals surface area contributed by atoms with Crippen molar-refractivity contribution in [1.29, 1.82) is 0 Å². The van der Waals surface area contributed by atoms with Crippen LogP contribution in [0.15, 0.2) is 24.3 Å². The van der Waals surface area contributed by atoms with Crippen LogP contribution in [0, 0.1) is 11.6 Å². The second-order valence-corrected chi connectivity index (χ2v) is 5.29. The molecule has 0 bridgehead atoms. The van der Waals surface area contributed by atoms with Crippen molar-refractivity contribution in [3.63, 3.8) is 0 Å². The Labute approximate surface area is 121 Å². The lowest BCUT2D eigenvalue weighted by Crippen LogP contribution is -2.35. The second kappa shape index (κ2) is 5.73. The summed E-state index contributed by atoms with van der Waals surface area (Å²) in [4.78, 5) is 24.7. The molecule has 1 N–H and O–H groups in total. The molecular formula is C15H16F2N2O2. The van der Waals surface area contributed by atoms with E-state index in [9.17, 15) is 18.4 Å². The van der Waals surface area contributed by atoms with Crippen LogP contribution in [0.3, 0.4) is 0 Å². The molecule has 4 nitrogen and oxygen atoms in total. The highest BCUT2D eigenvalue weighted by Crippen LogP contribution is 2.32. The Morgan fingerprint density at radius 3 is 2.62 bits per heavy atom. The number of amides is 1. The molecular weight excluding hydrogens is 278 g/mol. The van der Waals surface area contributed by atoms with Gasteiger partial charge in [0.25, 0.3) is 11.7 Å². The standard InChI is InChI=1S/C15H16F2N2O2/c1-8(2)18-6-9(3)7-19-13-11(14(20)15(19)21)4-10(16)5-12(13)17/h4-5,8,18H,3,6-7H2,1-2H3. The topological polar surface area (TPSA) is 49.4 Å². The van der Waals surface area contributed by atoms with Gasteiger partial charge in [0.15, 0.2) is 5.82 Å². The van der Waals surface area contributed by atoms with Gasteiger partial charge in [0.1, 0.15) is 5.82 Å². The first-order valence-electron chi connectivity index (χ1n) is 6.56. The molecule has 6 heteroatoms. The maximum absolute atomic E-state index is 13.9. The van der Waals surface area contributed by atoms with Crippen LogP contribution in [0.4, 0.5) is 14.5 Å². The van der Waals surface area contributed by atoms with E-state index in [-0.39, 0.29) is 23.8 Å². The predicted molar refractivity (Wildman–Crippen MR) is 75.3 cm³/mol. The number of nitrogens with zero attached hydrogens (tertiary/aromatic N) is 1. The zero-order valence-corrected chi connectivity index (χ0v) is 11.9. The lowest BCUT2D eigenvalue weighted by Gasteiger charge is -2.19.